The monoisotopic (exact) mass is 530 g/mol. The smallest absolute Gasteiger partial charge is 0.224 e. The van der Waals surface area contributed by atoms with E-state index in [1.54, 1.807) is 6.20 Å². The quantitative estimate of drug-likeness (QED) is 0.258. The van der Waals surface area contributed by atoms with E-state index >= 15 is 0 Å². The first kappa shape index (κ1) is 25.0. The van der Waals surface area contributed by atoms with Crippen molar-refractivity contribution in [1.82, 2.24) is 10.3 Å². The van der Waals surface area contributed by atoms with Gasteiger partial charge in [0, 0.05) is 34.6 Å². The van der Waals surface area contributed by atoms with Crippen LogP contribution in [0.3, 0.4) is 0 Å². The van der Waals surface area contributed by atoms with Gasteiger partial charge >= 0.3 is 0 Å². The number of nitrogens with zero attached hydrogens (tertiary/aromatic N) is 2. The Hall–Kier alpha value is -3.68. The summed E-state index contributed by atoms with van der Waals surface area (Å²) in [7, 11) is 0. The number of hydrogen-bond donors (Lipinski definition) is 2. The number of anilines is 2. The van der Waals surface area contributed by atoms with Crippen LogP contribution < -0.4 is 15.5 Å². The zero-order chi connectivity index (χ0) is 26.1. The van der Waals surface area contributed by atoms with Gasteiger partial charge in [0.15, 0.2) is 5.11 Å². The van der Waals surface area contributed by atoms with Crippen LogP contribution in [0.15, 0.2) is 77.3 Å². The zero-order valence-electron chi connectivity index (χ0n) is 20.8. The standard InChI is InChI=1S/C29H27ClN4O2S/c1-4-26(35)32-22-11-10-20(15-18(22)3)34-28(27(33-29(34)37)23-7-5-6-14-31-23)25-13-12-24(36-25)19-9-8-17(2)21(30)16-19/h5-16,27-28H,4H2,1-3H3,(H,32,35)(H,33,37)/t27-,28-/m0/s1. The molecule has 3 heterocycles. The molecule has 0 radical (unpaired) electrons. The molecule has 1 saturated heterocycles. The lowest BCUT2D eigenvalue weighted by Crippen LogP contribution is -2.29. The lowest BCUT2D eigenvalue weighted by atomic mass is 10.0. The van der Waals surface area contributed by atoms with Crippen molar-refractivity contribution in [3.05, 3.63) is 101 Å². The minimum atomic E-state index is -0.285. The summed E-state index contributed by atoms with van der Waals surface area (Å²) in [6, 6.07) is 21.1. The number of benzene rings is 2. The van der Waals surface area contributed by atoms with Crippen molar-refractivity contribution >= 4 is 46.2 Å². The summed E-state index contributed by atoms with van der Waals surface area (Å²) in [5, 5.41) is 7.67. The number of carbonyl (C=O) groups excluding carboxylic acids is 1. The molecule has 1 aliphatic rings. The molecule has 188 valence electrons. The number of amides is 1. The Balaban J connectivity index is 1.56. The van der Waals surface area contributed by atoms with E-state index < -0.39 is 0 Å². The average molecular weight is 531 g/mol. The van der Waals surface area contributed by atoms with Crippen molar-refractivity contribution in [3.8, 4) is 11.3 Å². The van der Waals surface area contributed by atoms with Crippen molar-refractivity contribution in [2.45, 2.75) is 39.3 Å². The van der Waals surface area contributed by atoms with E-state index in [0.717, 1.165) is 45.3 Å². The lowest BCUT2D eigenvalue weighted by Gasteiger charge is -2.26. The number of hydrogen-bond acceptors (Lipinski definition) is 4. The maximum absolute atomic E-state index is 11.9. The molecular formula is C29H27ClN4O2S. The molecule has 6 nitrogen and oxygen atoms in total. The van der Waals surface area contributed by atoms with Crippen molar-refractivity contribution in [1.29, 1.82) is 0 Å². The number of rotatable bonds is 6. The normalized spacial score (nSPS) is 17.1. The summed E-state index contributed by atoms with van der Waals surface area (Å²) in [5.74, 6) is 1.44. The van der Waals surface area contributed by atoms with Gasteiger partial charge in [0.25, 0.3) is 0 Å². The number of furan rings is 1. The van der Waals surface area contributed by atoms with Crippen LogP contribution in [0.4, 0.5) is 11.4 Å². The van der Waals surface area contributed by atoms with Crippen LogP contribution >= 0.6 is 23.8 Å². The first-order chi connectivity index (χ1) is 17.9. The molecule has 1 aliphatic heterocycles. The topological polar surface area (TPSA) is 70.4 Å². The second-order valence-corrected chi connectivity index (χ2v) is 9.86. The van der Waals surface area contributed by atoms with Gasteiger partial charge in [0.05, 0.1) is 11.7 Å². The molecular weight excluding hydrogens is 504 g/mol. The lowest BCUT2D eigenvalue weighted by molar-refractivity contribution is -0.115. The van der Waals surface area contributed by atoms with E-state index in [1.165, 1.54) is 0 Å². The minimum absolute atomic E-state index is 0.0263. The number of aryl methyl sites for hydroxylation is 2. The Labute approximate surface area is 226 Å². The second kappa shape index (κ2) is 10.4. The molecule has 37 heavy (non-hydrogen) atoms. The van der Waals surface area contributed by atoms with Gasteiger partial charge in [-0.3, -0.25) is 9.78 Å². The molecule has 0 bridgehead atoms. The van der Waals surface area contributed by atoms with E-state index in [2.05, 4.69) is 20.5 Å². The van der Waals surface area contributed by atoms with E-state index in [4.69, 9.17) is 28.2 Å². The van der Waals surface area contributed by atoms with Crippen molar-refractivity contribution in [2.24, 2.45) is 0 Å². The van der Waals surface area contributed by atoms with Crippen LogP contribution in [0.2, 0.25) is 5.02 Å². The summed E-state index contributed by atoms with van der Waals surface area (Å²) in [6.07, 6.45) is 2.19. The number of nitrogens with one attached hydrogen (secondary N) is 2. The summed E-state index contributed by atoms with van der Waals surface area (Å²) in [4.78, 5) is 18.6. The third-order valence-corrected chi connectivity index (χ3v) is 7.28. The van der Waals surface area contributed by atoms with Gasteiger partial charge in [-0.05, 0) is 85.7 Å². The molecule has 5 rings (SSSR count). The highest BCUT2D eigenvalue weighted by Crippen LogP contribution is 2.43. The summed E-state index contributed by atoms with van der Waals surface area (Å²) in [5.41, 5.74) is 5.39. The largest absolute Gasteiger partial charge is 0.459 e. The third-order valence-electron chi connectivity index (χ3n) is 6.56. The first-order valence-corrected chi connectivity index (χ1v) is 12.9. The maximum Gasteiger partial charge on any atom is 0.224 e. The summed E-state index contributed by atoms with van der Waals surface area (Å²) < 4.78 is 6.44. The molecule has 0 saturated carbocycles. The summed E-state index contributed by atoms with van der Waals surface area (Å²) >= 11 is 12.2. The van der Waals surface area contributed by atoms with Gasteiger partial charge in [-0.15, -0.1) is 0 Å². The highest BCUT2D eigenvalue weighted by atomic mass is 35.5. The van der Waals surface area contributed by atoms with E-state index in [0.29, 0.717) is 16.6 Å². The van der Waals surface area contributed by atoms with Crippen LogP contribution in [0.5, 0.6) is 0 Å². The average Bonchev–Trinajstić information content (AvgIpc) is 3.52. The number of carbonyl (C=O) groups is 1. The molecule has 2 N–H and O–H groups in total. The Morgan fingerprint density at radius 3 is 2.65 bits per heavy atom. The van der Waals surface area contributed by atoms with Crippen LogP contribution in [0, 0.1) is 13.8 Å². The Kier molecular flexibility index (Phi) is 7.00. The van der Waals surface area contributed by atoms with Crippen LogP contribution in [0.25, 0.3) is 11.3 Å². The molecule has 1 fully saturated rings. The fourth-order valence-electron chi connectivity index (χ4n) is 4.51. The zero-order valence-corrected chi connectivity index (χ0v) is 22.4. The fraction of sp³-hybridized carbons (Fsp3) is 0.207. The van der Waals surface area contributed by atoms with Crippen LogP contribution in [-0.2, 0) is 4.79 Å². The van der Waals surface area contributed by atoms with Gasteiger partial charge in [-0.1, -0.05) is 36.7 Å². The Bertz CT molecular complexity index is 1470. The van der Waals surface area contributed by atoms with Gasteiger partial charge in [0.1, 0.15) is 17.6 Å². The van der Waals surface area contributed by atoms with Crippen LogP contribution in [-0.4, -0.2) is 16.0 Å². The third kappa shape index (κ3) is 4.97. The van der Waals surface area contributed by atoms with Crippen LogP contribution in [0.1, 0.15) is 48.0 Å². The van der Waals surface area contributed by atoms with E-state index in [9.17, 15) is 4.79 Å². The highest BCUT2D eigenvalue weighted by molar-refractivity contribution is 7.80. The summed E-state index contributed by atoms with van der Waals surface area (Å²) in [6.45, 7) is 5.78. The predicted molar refractivity (Wildman–Crippen MR) is 152 cm³/mol. The molecule has 2 atom stereocenters. The molecule has 0 unspecified atom stereocenters. The van der Waals surface area contributed by atoms with E-state index in [1.807, 2.05) is 87.5 Å². The van der Waals surface area contributed by atoms with E-state index in [-0.39, 0.29) is 18.0 Å². The minimum Gasteiger partial charge on any atom is -0.459 e. The molecule has 4 aromatic rings. The number of aromatic nitrogens is 1. The van der Waals surface area contributed by atoms with Crippen molar-refractivity contribution in [3.63, 3.8) is 0 Å². The molecule has 2 aromatic heterocycles. The van der Waals surface area contributed by atoms with Gasteiger partial charge in [-0.25, -0.2) is 0 Å². The fourth-order valence-corrected chi connectivity index (χ4v) is 5.04. The van der Waals surface area contributed by atoms with Gasteiger partial charge in [-0.2, -0.15) is 0 Å². The molecule has 0 spiro atoms. The molecule has 2 aromatic carbocycles. The maximum atomic E-state index is 11.9. The number of halogens is 1. The first-order valence-electron chi connectivity index (χ1n) is 12.1. The Morgan fingerprint density at radius 2 is 1.95 bits per heavy atom. The highest BCUT2D eigenvalue weighted by Gasteiger charge is 2.42. The number of thiocarbonyl (C=S) groups is 1. The molecule has 0 aliphatic carbocycles. The Morgan fingerprint density at radius 1 is 1.11 bits per heavy atom. The van der Waals surface area contributed by atoms with Gasteiger partial charge in [0.2, 0.25) is 5.91 Å². The number of pyridine rings is 1. The van der Waals surface area contributed by atoms with Crippen molar-refractivity contribution in [2.75, 3.05) is 10.2 Å². The molecule has 1 amide bonds. The second-order valence-electron chi connectivity index (χ2n) is 9.06. The SMILES string of the molecule is CCC(=O)Nc1ccc(N2C(=S)N[C@@H](c3ccccn3)[C@@H]2c2ccc(-c3ccc(C)c(Cl)c3)o2)cc1C. The molecule has 8 heteroatoms. The van der Waals surface area contributed by atoms with Crippen molar-refractivity contribution < 1.29 is 9.21 Å². The van der Waals surface area contributed by atoms with Gasteiger partial charge < -0.3 is 20.0 Å². The predicted octanol–water partition coefficient (Wildman–Crippen LogP) is 7.14.